The lowest BCUT2D eigenvalue weighted by atomic mass is 9.77. The highest BCUT2D eigenvalue weighted by atomic mass is 31.0. The Hall–Kier alpha value is -1.21. The monoisotopic (exact) mass is 284 g/mol. The van der Waals surface area contributed by atoms with Crippen molar-refractivity contribution in [1.29, 1.82) is 0 Å². The first-order valence-electron chi connectivity index (χ1n) is 7.14. The van der Waals surface area contributed by atoms with Gasteiger partial charge < -0.3 is 5.73 Å². The molecule has 1 saturated heterocycles. The van der Waals surface area contributed by atoms with Gasteiger partial charge in [-0.05, 0) is 24.0 Å². The molecule has 2 N–H and O–H groups in total. The van der Waals surface area contributed by atoms with Crippen LogP contribution in [0.4, 0.5) is 0 Å². The third kappa shape index (κ3) is 2.29. The second-order valence-corrected chi connectivity index (χ2v) is 6.16. The summed E-state index contributed by atoms with van der Waals surface area (Å²) >= 11 is 0. The Morgan fingerprint density at radius 1 is 0.950 bits per heavy atom. The summed E-state index contributed by atoms with van der Waals surface area (Å²) < 4.78 is 2.32. The molecule has 2 unspecified atom stereocenters. The lowest BCUT2D eigenvalue weighted by Gasteiger charge is -2.40. The van der Waals surface area contributed by atoms with Crippen LogP contribution >= 0.6 is 9.39 Å². The molecule has 20 heavy (non-hydrogen) atoms. The van der Waals surface area contributed by atoms with Gasteiger partial charge in [0.25, 0.3) is 0 Å². The normalized spacial score (nSPS) is 20.2. The van der Waals surface area contributed by atoms with Crippen molar-refractivity contribution in [2.75, 3.05) is 6.54 Å². The Labute approximate surface area is 123 Å². The van der Waals surface area contributed by atoms with Gasteiger partial charge in [0.05, 0.1) is 5.54 Å². The number of nitrogens with zero attached hydrogens (tertiary/aromatic N) is 1. The molecule has 0 aromatic heterocycles. The fourth-order valence-corrected chi connectivity index (χ4v) is 3.82. The Morgan fingerprint density at radius 2 is 1.45 bits per heavy atom. The molecule has 104 valence electrons. The van der Waals surface area contributed by atoms with Gasteiger partial charge in [-0.2, -0.15) is 0 Å². The minimum Gasteiger partial charge on any atom is -0.316 e. The van der Waals surface area contributed by atoms with Crippen molar-refractivity contribution in [3.63, 3.8) is 0 Å². The maximum Gasteiger partial charge on any atom is 0.0826 e. The summed E-state index contributed by atoms with van der Waals surface area (Å²) in [7, 11) is 2.85. The highest BCUT2D eigenvalue weighted by Gasteiger charge is 2.42. The van der Waals surface area contributed by atoms with Crippen LogP contribution in [0.3, 0.4) is 0 Å². The van der Waals surface area contributed by atoms with Crippen LogP contribution in [0.5, 0.6) is 0 Å². The quantitative estimate of drug-likeness (QED) is 0.877. The van der Waals surface area contributed by atoms with E-state index in [1.54, 1.807) is 0 Å². The third-order valence-corrected chi connectivity index (χ3v) is 4.94. The fraction of sp³-hybridized carbons (Fsp3) is 0.294. The standard InChI is InChI=1S/C17H21N2P/c18-17(14-8-3-1-4-9-14,15-10-5-2-6-11-15)16-12-7-13-19(16)20/h1-6,8-11,16H,7,12-13,18,20H2. The molecule has 1 aliphatic rings. The predicted molar refractivity (Wildman–Crippen MR) is 87.3 cm³/mol. The number of rotatable bonds is 3. The van der Waals surface area contributed by atoms with E-state index >= 15 is 0 Å². The van der Waals surface area contributed by atoms with Gasteiger partial charge in [0.2, 0.25) is 0 Å². The predicted octanol–water partition coefficient (Wildman–Crippen LogP) is 3.14. The van der Waals surface area contributed by atoms with E-state index in [1.807, 2.05) is 12.1 Å². The van der Waals surface area contributed by atoms with Crippen LogP contribution in [-0.2, 0) is 5.54 Å². The summed E-state index contributed by atoms with van der Waals surface area (Å²) in [6, 6.07) is 21.3. The van der Waals surface area contributed by atoms with Gasteiger partial charge >= 0.3 is 0 Å². The topological polar surface area (TPSA) is 29.3 Å². The molecule has 2 aromatic rings. The Balaban J connectivity index is 2.13. The van der Waals surface area contributed by atoms with Crippen molar-refractivity contribution >= 4 is 9.39 Å². The van der Waals surface area contributed by atoms with Crippen molar-refractivity contribution in [1.82, 2.24) is 4.67 Å². The van der Waals surface area contributed by atoms with Gasteiger partial charge in [-0.3, -0.25) is 4.67 Å². The molecule has 2 aromatic carbocycles. The second kappa shape index (κ2) is 5.65. The third-order valence-electron chi connectivity index (χ3n) is 4.32. The van der Waals surface area contributed by atoms with Crippen molar-refractivity contribution in [3.8, 4) is 0 Å². The minimum atomic E-state index is -0.458. The summed E-state index contributed by atoms with van der Waals surface area (Å²) in [5.74, 6) is 0. The molecule has 1 aliphatic heterocycles. The van der Waals surface area contributed by atoms with E-state index in [-0.39, 0.29) is 0 Å². The number of hydrogen-bond donors (Lipinski definition) is 1. The minimum absolute atomic E-state index is 0.317. The molecule has 0 bridgehead atoms. The smallest absolute Gasteiger partial charge is 0.0826 e. The lowest BCUT2D eigenvalue weighted by molar-refractivity contribution is 0.298. The fourth-order valence-electron chi connectivity index (χ4n) is 3.26. The molecule has 0 saturated carbocycles. The van der Waals surface area contributed by atoms with Crippen LogP contribution in [-0.4, -0.2) is 17.3 Å². The Morgan fingerprint density at radius 3 is 1.85 bits per heavy atom. The SMILES string of the molecule is NC(c1ccccc1)(c1ccccc1)C1CCCN1P. The van der Waals surface area contributed by atoms with Crippen LogP contribution in [0.2, 0.25) is 0 Å². The van der Waals surface area contributed by atoms with E-state index < -0.39 is 5.54 Å². The zero-order valence-corrected chi connectivity index (χ0v) is 12.7. The van der Waals surface area contributed by atoms with Gasteiger partial charge in [-0.15, -0.1) is 0 Å². The molecule has 2 atom stereocenters. The van der Waals surface area contributed by atoms with Crippen LogP contribution in [0.15, 0.2) is 60.7 Å². The largest absolute Gasteiger partial charge is 0.316 e. The maximum atomic E-state index is 6.98. The van der Waals surface area contributed by atoms with Crippen molar-refractivity contribution in [2.24, 2.45) is 5.73 Å². The number of nitrogens with two attached hydrogens (primary N) is 1. The molecule has 1 heterocycles. The van der Waals surface area contributed by atoms with Gasteiger partial charge in [-0.1, -0.05) is 70.1 Å². The van der Waals surface area contributed by atoms with Crippen LogP contribution in [0.25, 0.3) is 0 Å². The molecule has 0 spiro atoms. The molecular weight excluding hydrogens is 263 g/mol. The second-order valence-electron chi connectivity index (χ2n) is 5.50. The van der Waals surface area contributed by atoms with Crippen molar-refractivity contribution in [3.05, 3.63) is 71.8 Å². The van der Waals surface area contributed by atoms with Gasteiger partial charge in [0.15, 0.2) is 0 Å². The van der Waals surface area contributed by atoms with Gasteiger partial charge in [-0.25, -0.2) is 0 Å². The maximum absolute atomic E-state index is 6.98. The van der Waals surface area contributed by atoms with E-state index in [0.717, 1.165) is 13.0 Å². The highest BCUT2D eigenvalue weighted by molar-refractivity contribution is 7.13. The summed E-state index contributed by atoms with van der Waals surface area (Å²) in [5, 5.41) is 0. The van der Waals surface area contributed by atoms with Crippen molar-refractivity contribution in [2.45, 2.75) is 24.4 Å². The number of benzene rings is 2. The summed E-state index contributed by atoms with van der Waals surface area (Å²) in [6.07, 6.45) is 2.33. The summed E-state index contributed by atoms with van der Waals surface area (Å²) in [6.45, 7) is 1.09. The average Bonchev–Trinajstić information content (AvgIpc) is 2.95. The molecule has 1 fully saturated rings. The van der Waals surface area contributed by atoms with Crippen LogP contribution in [0, 0.1) is 0 Å². The van der Waals surface area contributed by atoms with E-state index in [2.05, 4.69) is 62.6 Å². The molecular formula is C17H21N2P. The molecule has 3 heteroatoms. The zero-order valence-electron chi connectivity index (χ0n) is 11.6. The molecule has 3 rings (SSSR count). The van der Waals surface area contributed by atoms with Crippen LogP contribution < -0.4 is 5.73 Å². The van der Waals surface area contributed by atoms with E-state index in [0.29, 0.717) is 6.04 Å². The van der Waals surface area contributed by atoms with E-state index in [4.69, 9.17) is 5.73 Å². The first-order chi connectivity index (χ1) is 9.73. The van der Waals surface area contributed by atoms with Crippen molar-refractivity contribution < 1.29 is 0 Å². The van der Waals surface area contributed by atoms with E-state index in [9.17, 15) is 0 Å². The summed E-state index contributed by atoms with van der Waals surface area (Å²) in [4.78, 5) is 0. The average molecular weight is 284 g/mol. The van der Waals surface area contributed by atoms with Crippen LogP contribution in [0.1, 0.15) is 24.0 Å². The Kier molecular flexibility index (Phi) is 3.89. The van der Waals surface area contributed by atoms with Gasteiger partial charge in [0, 0.05) is 12.6 Å². The first kappa shape index (κ1) is 13.8. The lowest BCUT2D eigenvalue weighted by Crippen LogP contribution is -2.52. The molecule has 0 radical (unpaired) electrons. The first-order valence-corrected chi connectivity index (χ1v) is 7.66. The Bertz CT molecular complexity index is 516. The molecule has 0 amide bonds. The highest BCUT2D eigenvalue weighted by Crippen LogP contribution is 2.39. The zero-order chi connectivity index (χ0) is 14.0. The van der Waals surface area contributed by atoms with Gasteiger partial charge in [0.1, 0.15) is 0 Å². The number of hydrogen-bond acceptors (Lipinski definition) is 2. The molecule has 2 nitrogen and oxygen atoms in total. The molecule has 0 aliphatic carbocycles. The van der Waals surface area contributed by atoms with E-state index in [1.165, 1.54) is 17.5 Å². The summed E-state index contributed by atoms with van der Waals surface area (Å²) in [5.41, 5.74) is 8.90.